The van der Waals surface area contributed by atoms with Crippen LogP contribution in [0.3, 0.4) is 0 Å². The van der Waals surface area contributed by atoms with Crippen LogP contribution in [-0.4, -0.2) is 9.97 Å². The van der Waals surface area contributed by atoms with Crippen molar-refractivity contribution in [2.45, 2.75) is 12.3 Å². The van der Waals surface area contributed by atoms with Crippen LogP contribution >= 0.6 is 0 Å². The fourth-order valence-corrected chi connectivity index (χ4v) is 8.51. The maximum Gasteiger partial charge on any atom is 0.0973 e. The zero-order valence-corrected chi connectivity index (χ0v) is 30.5. The van der Waals surface area contributed by atoms with E-state index in [1.54, 1.807) is 0 Å². The second kappa shape index (κ2) is 13.4. The largest absolute Gasteiger partial charge is 0.310 e. The van der Waals surface area contributed by atoms with Crippen LogP contribution in [0.2, 0.25) is 0 Å². The lowest BCUT2D eigenvalue weighted by molar-refractivity contribution is 0.714. The molecular formula is C52H37N3. The van der Waals surface area contributed by atoms with E-state index in [-0.39, 0.29) is 0 Å². The molecule has 10 rings (SSSR count). The van der Waals surface area contributed by atoms with Gasteiger partial charge in [-0.25, -0.2) is 9.97 Å². The lowest BCUT2D eigenvalue weighted by Gasteiger charge is -2.35. The van der Waals surface area contributed by atoms with Crippen molar-refractivity contribution in [2.75, 3.05) is 4.90 Å². The zero-order valence-electron chi connectivity index (χ0n) is 30.5. The lowest BCUT2D eigenvalue weighted by atomic mass is 9.73. The second-order valence-electron chi connectivity index (χ2n) is 14.3. The number of hydrogen-bond acceptors (Lipinski definition) is 3. The molecule has 55 heavy (non-hydrogen) atoms. The lowest BCUT2D eigenvalue weighted by Crippen LogP contribution is -2.25. The van der Waals surface area contributed by atoms with Crippen molar-refractivity contribution in [3.05, 3.63) is 223 Å². The van der Waals surface area contributed by atoms with E-state index >= 15 is 0 Å². The highest BCUT2D eigenvalue weighted by Gasteiger charge is 2.43. The van der Waals surface area contributed by atoms with Gasteiger partial charge in [-0.1, -0.05) is 164 Å². The summed E-state index contributed by atoms with van der Waals surface area (Å²) in [6.07, 6.45) is 0. The van der Waals surface area contributed by atoms with Gasteiger partial charge >= 0.3 is 0 Å². The monoisotopic (exact) mass is 703 g/mol. The van der Waals surface area contributed by atoms with Gasteiger partial charge in [0.1, 0.15) is 0 Å². The van der Waals surface area contributed by atoms with E-state index in [2.05, 4.69) is 188 Å². The number of fused-ring (bicyclic) bond motifs is 4. The Kier molecular flexibility index (Phi) is 7.92. The molecule has 1 atom stereocenters. The maximum absolute atomic E-state index is 5.29. The van der Waals surface area contributed by atoms with Crippen molar-refractivity contribution >= 4 is 28.1 Å². The van der Waals surface area contributed by atoms with Crippen LogP contribution < -0.4 is 4.90 Å². The number of benzene rings is 8. The minimum atomic E-state index is -0.402. The fourth-order valence-electron chi connectivity index (χ4n) is 8.51. The highest BCUT2D eigenvalue weighted by molar-refractivity contribution is 5.94. The van der Waals surface area contributed by atoms with Gasteiger partial charge in [-0.15, -0.1) is 0 Å². The average Bonchev–Trinajstić information content (AvgIpc) is 3.53. The molecule has 3 nitrogen and oxygen atoms in total. The summed E-state index contributed by atoms with van der Waals surface area (Å²) in [7, 11) is 0. The number of nitrogens with zero attached hydrogens (tertiary/aromatic N) is 3. The zero-order chi connectivity index (χ0) is 36.8. The molecule has 0 saturated heterocycles. The van der Waals surface area contributed by atoms with Gasteiger partial charge in [0.25, 0.3) is 0 Å². The molecule has 1 aromatic heterocycles. The third-order valence-corrected chi connectivity index (χ3v) is 11.1. The molecule has 0 aliphatic heterocycles. The minimum absolute atomic E-state index is 0.402. The molecule has 0 fully saturated rings. The molecule has 0 N–H and O–H groups in total. The van der Waals surface area contributed by atoms with Gasteiger partial charge in [0, 0.05) is 27.9 Å². The molecule has 8 aromatic carbocycles. The molecule has 260 valence electrons. The van der Waals surface area contributed by atoms with Crippen LogP contribution in [0, 0.1) is 0 Å². The first kappa shape index (κ1) is 32.5. The summed E-state index contributed by atoms with van der Waals surface area (Å²) in [5.41, 5.74) is 17.1. The minimum Gasteiger partial charge on any atom is -0.310 e. The summed E-state index contributed by atoms with van der Waals surface area (Å²) >= 11 is 0. The van der Waals surface area contributed by atoms with Gasteiger partial charge < -0.3 is 4.90 Å². The van der Waals surface area contributed by atoms with Gasteiger partial charge in [0.05, 0.1) is 28.1 Å². The Labute approximate surface area is 321 Å². The van der Waals surface area contributed by atoms with Gasteiger partial charge in [-0.3, -0.25) is 0 Å². The molecule has 0 saturated carbocycles. The Morgan fingerprint density at radius 3 is 1.58 bits per heavy atom. The van der Waals surface area contributed by atoms with Crippen molar-refractivity contribution in [2.24, 2.45) is 0 Å². The number of para-hydroxylation sites is 2. The van der Waals surface area contributed by atoms with Crippen LogP contribution in [-0.2, 0) is 5.41 Å². The molecule has 9 aromatic rings. The van der Waals surface area contributed by atoms with Crippen molar-refractivity contribution in [3.63, 3.8) is 0 Å². The van der Waals surface area contributed by atoms with Crippen LogP contribution in [0.4, 0.5) is 17.1 Å². The van der Waals surface area contributed by atoms with Gasteiger partial charge in [0.15, 0.2) is 0 Å². The predicted molar refractivity (Wildman–Crippen MR) is 228 cm³/mol. The van der Waals surface area contributed by atoms with Crippen LogP contribution in [0.25, 0.3) is 55.8 Å². The molecule has 0 spiro atoms. The van der Waals surface area contributed by atoms with Crippen molar-refractivity contribution in [1.82, 2.24) is 9.97 Å². The first-order valence-corrected chi connectivity index (χ1v) is 18.8. The Balaban J connectivity index is 1.23. The Hall–Kier alpha value is -7.10. The summed E-state index contributed by atoms with van der Waals surface area (Å²) in [6.45, 7) is 2.39. The maximum atomic E-state index is 5.29. The van der Waals surface area contributed by atoms with E-state index in [4.69, 9.17) is 9.97 Å². The summed E-state index contributed by atoms with van der Waals surface area (Å²) in [6, 6.07) is 73.5. The van der Waals surface area contributed by atoms with Crippen molar-refractivity contribution in [3.8, 4) is 44.8 Å². The highest BCUT2D eigenvalue weighted by Crippen LogP contribution is 2.57. The summed E-state index contributed by atoms with van der Waals surface area (Å²) in [5, 5.41) is 0. The normalized spacial score (nSPS) is 14.3. The first-order chi connectivity index (χ1) is 27.2. The third-order valence-electron chi connectivity index (χ3n) is 11.1. The smallest absolute Gasteiger partial charge is 0.0973 e. The van der Waals surface area contributed by atoms with Gasteiger partial charge in [-0.05, 0) is 88.3 Å². The van der Waals surface area contributed by atoms with E-state index in [9.17, 15) is 0 Å². The molecule has 1 aliphatic rings. The molecular weight excluding hydrogens is 667 g/mol. The number of hydrogen-bond donors (Lipinski definition) is 0. The third kappa shape index (κ3) is 5.52. The van der Waals surface area contributed by atoms with E-state index in [1.165, 1.54) is 33.4 Å². The standard InChI is InChI=1S/C52H37N3/c1-52(40-24-9-4-10-25-40)45-30-12-11-28-43(45)44-29-17-33-48(49(44)52)55(41-26-15-22-38(34-41)36-18-5-2-6-19-36)42-27-16-23-39(35-42)51-50(37-20-7-3-8-21-37)53-46-31-13-14-32-47(46)54-51/h2-35H,1H3. The van der Waals surface area contributed by atoms with Gasteiger partial charge in [-0.2, -0.15) is 0 Å². The second-order valence-corrected chi connectivity index (χ2v) is 14.3. The molecule has 0 radical (unpaired) electrons. The summed E-state index contributed by atoms with van der Waals surface area (Å²) in [5.74, 6) is 0. The molecule has 0 amide bonds. The van der Waals surface area contributed by atoms with Crippen LogP contribution in [0.1, 0.15) is 23.6 Å². The van der Waals surface area contributed by atoms with Crippen molar-refractivity contribution in [1.29, 1.82) is 0 Å². The highest BCUT2D eigenvalue weighted by atomic mass is 15.1. The molecule has 1 heterocycles. The van der Waals surface area contributed by atoms with E-state index < -0.39 is 5.41 Å². The summed E-state index contributed by atoms with van der Waals surface area (Å²) < 4.78 is 0. The molecule has 1 unspecified atom stereocenters. The Bertz CT molecular complexity index is 2830. The SMILES string of the molecule is CC1(c2ccccc2)c2ccccc2-c2cccc(N(c3cccc(-c4ccccc4)c3)c3cccc(-c4nc5ccccc5nc4-c4ccccc4)c3)c21. The van der Waals surface area contributed by atoms with E-state index in [1.807, 2.05) is 30.3 Å². The van der Waals surface area contributed by atoms with Crippen LogP contribution in [0.15, 0.2) is 206 Å². The molecule has 0 bridgehead atoms. The van der Waals surface area contributed by atoms with Crippen molar-refractivity contribution < 1.29 is 0 Å². The fraction of sp³-hybridized carbons (Fsp3) is 0.0385. The predicted octanol–water partition coefficient (Wildman–Crippen LogP) is 13.4. The first-order valence-electron chi connectivity index (χ1n) is 18.8. The van der Waals surface area contributed by atoms with Crippen LogP contribution in [0.5, 0.6) is 0 Å². The Morgan fingerprint density at radius 2 is 0.891 bits per heavy atom. The summed E-state index contributed by atoms with van der Waals surface area (Å²) in [4.78, 5) is 12.9. The number of aromatic nitrogens is 2. The van der Waals surface area contributed by atoms with Gasteiger partial charge in [0.2, 0.25) is 0 Å². The number of rotatable bonds is 7. The Morgan fingerprint density at radius 1 is 0.400 bits per heavy atom. The van der Waals surface area contributed by atoms with E-state index in [0.717, 1.165) is 56.2 Å². The number of anilines is 3. The topological polar surface area (TPSA) is 29.0 Å². The van der Waals surface area contributed by atoms with E-state index in [0.29, 0.717) is 0 Å². The quantitative estimate of drug-likeness (QED) is 0.165. The average molecular weight is 704 g/mol. The molecule has 3 heteroatoms. The molecule has 1 aliphatic carbocycles.